The molecule has 6 heteroatoms. The van der Waals surface area contributed by atoms with Crippen LogP contribution in [0.4, 0.5) is 0 Å². The van der Waals surface area contributed by atoms with Crippen LogP contribution in [-0.2, 0) is 16.6 Å². The molecule has 0 aliphatic rings. The summed E-state index contributed by atoms with van der Waals surface area (Å²) in [6, 6.07) is 8.67. The number of sulfonamides is 1. The average molecular weight is 320 g/mol. The summed E-state index contributed by atoms with van der Waals surface area (Å²) >= 11 is 1.52. The number of aryl methyl sites for hydroxylation is 1. The number of nitrogens with one attached hydrogen (secondary N) is 1. The molecule has 4 nitrogen and oxygen atoms in total. The second-order valence-electron chi connectivity index (χ2n) is 4.39. The normalized spacial score (nSPS) is 11.0. The van der Waals surface area contributed by atoms with Crippen LogP contribution in [0.5, 0.6) is 0 Å². The van der Waals surface area contributed by atoms with Gasteiger partial charge in [-0.2, -0.15) is 0 Å². The van der Waals surface area contributed by atoms with E-state index in [9.17, 15) is 8.42 Å². The van der Waals surface area contributed by atoms with Crippen LogP contribution in [0, 0.1) is 18.8 Å². The van der Waals surface area contributed by atoms with Crippen molar-refractivity contribution in [2.75, 3.05) is 6.54 Å². The molecule has 110 valence electrons. The minimum atomic E-state index is -3.51. The van der Waals surface area contributed by atoms with E-state index in [1.54, 1.807) is 18.2 Å². The molecule has 0 unspecified atom stereocenters. The molecule has 0 atom stereocenters. The predicted molar refractivity (Wildman–Crippen MR) is 85.5 cm³/mol. The van der Waals surface area contributed by atoms with Gasteiger partial charge in [-0.3, -0.25) is 0 Å². The Hall–Kier alpha value is -1.65. The van der Waals surface area contributed by atoms with Gasteiger partial charge in [-0.25, -0.2) is 13.1 Å². The van der Waals surface area contributed by atoms with Gasteiger partial charge in [0.05, 0.1) is 11.4 Å². The second-order valence-corrected chi connectivity index (χ2v) is 7.19. The highest BCUT2D eigenvalue weighted by Crippen LogP contribution is 2.16. The maximum absolute atomic E-state index is 12.2. The van der Waals surface area contributed by atoms with E-state index in [1.807, 2.05) is 24.4 Å². The van der Waals surface area contributed by atoms with Crippen LogP contribution in [0.25, 0.3) is 0 Å². The summed E-state index contributed by atoms with van der Waals surface area (Å²) < 4.78 is 27.1. The number of benzene rings is 1. The molecular formula is C15H16N2O2S2. The quantitative estimate of drug-likeness (QED) is 0.845. The third-order valence-electron chi connectivity index (χ3n) is 2.85. The molecule has 1 aromatic carbocycles. The zero-order valence-corrected chi connectivity index (χ0v) is 13.2. The Morgan fingerprint density at radius 2 is 2.14 bits per heavy atom. The fourth-order valence-electron chi connectivity index (χ4n) is 1.75. The summed E-state index contributed by atoms with van der Waals surface area (Å²) in [6.07, 6.45) is 0. The molecule has 0 aliphatic carbocycles. The molecule has 0 fully saturated rings. The highest BCUT2D eigenvalue weighted by atomic mass is 32.2. The molecule has 0 spiro atoms. The van der Waals surface area contributed by atoms with E-state index < -0.39 is 10.0 Å². The first kappa shape index (κ1) is 15.7. The second kappa shape index (κ2) is 6.87. The summed E-state index contributed by atoms with van der Waals surface area (Å²) in [4.78, 5) is 1.22. The van der Waals surface area contributed by atoms with Crippen LogP contribution in [0.3, 0.4) is 0 Å². The molecule has 0 saturated carbocycles. The molecule has 0 amide bonds. The van der Waals surface area contributed by atoms with Crippen LogP contribution in [0.2, 0.25) is 0 Å². The lowest BCUT2D eigenvalue weighted by Crippen LogP contribution is -2.22. The molecule has 0 bridgehead atoms. The van der Waals surface area contributed by atoms with Crippen molar-refractivity contribution in [1.29, 1.82) is 0 Å². The number of hydrogen-bond donors (Lipinski definition) is 2. The molecule has 1 heterocycles. The first-order valence-electron chi connectivity index (χ1n) is 6.34. The molecule has 2 rings (SSSR count). The molecule has 2 aromatic rings. The van der Waals surface area contributed by atoms with E-state index in [0.717, 1.165) is 16.0 Å². The maximum atomic E-state index is 12.2. The van der Waals surface area contributed by atoms with E-state index in [2.05, 4.69) is 16.6 Å². The third-order valence-corrected chi connectivity index (χ3v) is 5.13. The van der Waals surface area contributed by atoms with Gasteiger partial charge in [-0.15, -0.1) is 11.3 Å². The fourth-order valence-corrected chi connectivity index (χ4v) is 3.58. The predicted octanol–water partition coefficient (Wildman–Crippen LogP) is 1.85. The van der Waals surface area contributed by atoms with Gasteiger partial charge in [0.2, 0.25) is 10.0 Å². The zero-order chi connectivity index (χ0) is 15.3. The lowest BCUT2D eigenvalue weighted by molar-refractivity contribution is 0.581. The van der Waals surface area contributed by atoms with Gasteiger partial charge < -0.3 is 5.73 Å². The SMILES string of the molecule is Cc1cc(S(=O)(=O)NCc2cccs2)ccc1C#CCN. The molecule has 21 heavy (non-hydrogen) atoms. The highest BCUT2D eigenvalue weighted by molar-refractivity contribution is 7.89. The highest BCUT2D eigenvalue weighted by Gasteiger charge is 2.14. The molecule has 0 saturated heterocycles. The van der Waals surface area contributed by atoms with Crippen molar-refractivity contribution in [3.05, 3.63) is 51.7 Å². The average Bonchev–Trinajstić information content (AvgIpc) is 2.97. The van der Waals surface area contributed by atoms with Crippen LogP contribution in [-0.4, -0.2) is 15.0 Å². The van der Waals surface area contributed by atoms with Gasteiger partial charge in [0.15, 0.2) is 0 Å². The third kappa shape index (κ3) is 4.16. The van der Waals surface area contributed by atoms with Crippen LogP contribution in [0.1, 0.15) is 16.0 Å². The number of nitrogens with two attached hydrogens (primary N) is 1. The minimum Gasteiger partial charge on any atom is -0.320 e. The van der Waals surface area contributed by atoms with Crippen molar-refractivity contribution in [3.8, 4) is 11.8 Å². The van der Waals surface area contributed by atoms with Crippen molar-refractivity contribution in [3.63, 3.8) is 0 Å². The Labute approximate surface area is 129 Å². The van der Waals surface area contributed by atoms with Crippen molar-refractivity contribution in [2.24, 2.45) is 5.73 Å². The van der Waals surface area contributed by atoms with Gasteiger partial charge in [-0.05, 0) is 42.1 Å². The topological polar surface area (TPSA) is 72.2 Å². The molecule has 1 aromatic heterocycles. The summed E-state index contributed by atoms with van der Waals surface area (Å²) in [6.45, 7) is 2.41. The zero-order valence-electron chi connectivity index (χ0n) is 11.6. The van der Waals surface area contributed by atoms with Gasteiger partial charge in [-0.1, -0.05) is 17.9 Å². The van der Waals surface area contributed by atoms with E-state index in [0.29, 0.717) is 6.54 Å². The van der Waals surface area contributed by atoms with Gasteiger partial charge in [0.25, 0.3) is 0 Å². The first-order chi connectivity index (χ1) is 10.0. The number of rotatable bonds is 4. The van der Waals surface area contributed by atoms with Crippen molar-refractivity contribution >= 4 is 21.4 Å². The smallest absolute Gasteiger partial charge is 0.240 e. The van der Waals surface area contributed by atoms with E-state index in [4.69, 9.17) is 5.73 Å². The Balaban J connectivity index is 2.18. The van der Waals surface area contributed by atoms with Crippen molar-refractivity contribution in [2.45, 2.75) is 18.4 Å². The van der Waals surface area contributed by atoms with E-state index in [-0.39, 0.29) is 11.4 Å². The van der Waals surface area contributed by atoms with Crippen molar-refractivity contribution in [1.82, 2.24) is 4.72 Å². The fraction of sp³-hybridized carbons (Fsp3) is 0.200. The molecule has 0 radical (unpaired) electrons. The Morgan fingerprint density at radius 1 is 1.33 bits per heavy atom. The maximum Gasteiger partial charge on any atom is 0.240 e. The number of thiophene rings is 1. The standard InChI is InChI=1S/C15H16N2O2S2/c1-12-10-15(7-6-13(12)4-2-8-16)21(18,19)17-11-14-5-3-9-20-14/h3,5-7,9-10,17H,8,11,16H2,1H3. The van der Waals surface area contributed by atoms with Gasteiger partial charge >= 0.3 is 0 Å². The number of hydrogen-bond acceptors (Lipinski definition) is 4. The van der Waals surface area contributed by atoms with Crippen LogP contribution >= 0.6 is 11.3 Å². The van der Waals surface area contributed by atoms with Crippen LogP contribution in [0.15, 0.2) is 40.6 Å². The molecule has 0 aliphatic heterocycles. The largest absolute Gasteiger partial charge is 0.320 e. The van der Waals surface area contributed by atoms with Gasteiger partial charge in [0.1, 0.15) is 0 Å². The lowest BCUT2D eigenvalue weighted by Gasteiger charge is -2.07. The Kier molecular flexibility index (Phi) is 5.15. The minimum absolute atomic E-state index is 0.245. The monoisotopic (exact) mass is 320 g/mol. The molecule has 3 N–H and O–H groups in total. The van der Waals surface area contributed by atoms with Gasteiger partial charge in [0, 0.05) is 17.0 Å². The molecular weight excluding hydrogens is 304 g/mol. The first-order valence-corrected chi connectivity index (χ1v) is 8.71. The van der Waals surface area contributed by atoms with E-state index in [1.165, 1.54) is 11.3 Å². The summed E-state index contributed by atoms with van der Waals surface area (Å²) in [5.74, 6) is 5.68. The summed E-state index contributed by atoms with van der Waals surface area (Å²) in [5.41, 5.74) is 6.94. The van der Waals surface area contributed by atoms with Crippen LogP contribution < -0.4 is 10.5 Å². The lowest BCUT2D eigenvalue weighted by atomic mass is 10.1. The van der Waals surface area contributed by atoms with Crippen molar-refractivity contribution < 1.29 is 8.42 Å². The Morgan fingerprint density at radius 3 is 2.76 bits per heavy atom. The Bertz CT molecular complexity index is 770. The summed E-state index contributed by atoms with van der Waals surface area (Å²) in [7, 11) is -3.51. The van der Waals surface area contributed by atoms with E-state index >= 15 is 0 Å². The summed E-state index contributed by atoms with van der Waals surface area (Å²) in [5, 5.41) is 1.92.